The van der Waals surface area contributed by atoms with Gasteiger partial charge in [-0.2, -0.15) is 0 Å². The van der Waals surface area contributed by atoms with Crippen molar-refractivity contribution in [2.45, 2.75) is 43.1 Å². The van der Waals surface area contributed by atoms with Gasteiger partial charge < -0.3 is 14.2 Å². The summed E-state index contributed by atoms with van der Waals surface area (Å²) in [6, 6.07) is 0. The van der Waals surface area contributed by atoms with E-state index in [1.165, 1.54) is 17.9 Å². The number of esters is 1. The van der Waals surface area contributed by atoms with Crippen LogP contribution >= 0.6 is 23.5 Å². The molecule has 0 bridgehead atoms. The summed E-state index contributed by atoms with van der Waals surface area (Å²) >= 11 is 4.14. The molecule has 1 aliphatic rings. The van der Waals surface area contributed by atoms with Crippen molar-refractivity contribution in [2.24, 2.45) is 0 Å². The first kappa shape index (κ1) is 19.9. The van der Waals surface area contributed by atoms with Gasteiger partial charge in [0, 0.05) is 19.8 Å². The highest BCUT2D eigenvalue weighted by atomic mass is 32.2. The number of rotatable bonds is 11. The molecular formula is C16H28O4S2. The minimum atomic E-state index is -0.242. The molecule has 0 radical (unpaired) electrons. The molecule has 0 saturated carbocycles. The molecule has 4 nitrogen and oxygen atoms in total. The smallest absolute Gasteiger partial charge is 0.330 e. The highest BCUT2D eigenvalue weighted by Gasteiger charge is 2.32. The molecule has 6 heteroatoms. The standard InChI is InChI=1S/C16H28O4S2/c1-3-20-15(17)8-4-5-9-16(21-12-7-13-22-16)10-6-11-19-14-18-2/h4,8H,3,5-7,9-14H2,1-2H3/b8-4+. The van der Waals surface area contributed by atoms with Crippen LogP contribution < -0.4 is 0 Å². The predicted octanol–water partition coefficient (Wildman–Crippen LogP) is 3.85. The molecule has 0 aromatic rings. The SMILES string of the molecule is CCOC(=O)/C=C/CCC1(CCCOCOC)SCCCS1. The van der Waals surface area contributed by atoms with Crippen molar-refractivity contribution >= 4 is 29.5 Å². The van der Waals surface area contributed by atoms with Crippen LogP contribution in [-0.4, -0.2) is 48.7 Å². The summed E-state index contributed by atoms with van der Waals surface area (Å²) < 4.78 is 15.5. The molecule has 1 heterocycles. The van der Waals surface area contributed by atoms with Crippen molar-refractivity contribution in [3.05, 3.63) is 12.2 Å². The van der Waals surface area contributed by atoms with Gasteiger partial charge in [0.05, 0.1) is 10.7 Å². The van der Waals surface area contributed by atoms with E-state index in [1.54, 1.807) is 13.2 Å². The minimum absolute atomic E-state index is 0.242. The summed E-state index contributed by atoms with van der Waals surface area (Å²) in [5, 5.41) is 0. The lowest BCUT2D eigenvalue weighted by Gasteiger charge is -2.36. The molecule has 0 atom stereocenters. The summed E-state index contributed by atoms with van der Waals surface area (Å²) in [6.07, 6.45) is 8.97. The van der Waals surface area contributed by atoms with Crippen LogP contribution in [0.4, 0.5) is 0 Å². The zero-order chi connectivity index (χ0) is 16.1. The van der Waals surface area contributed by atoms with E-state index in [0.717, 1.165) is 32.3 Å². The molecule has 0 N–H and O–H groups in total. The molecule has 1 rings (SSSR count). The van der Waals surface area contributed by atoms with Crippen molar-refractivity contribution in [2.75, 3.05) is 38.6 Å². The number of thioether (sulfide) groups is 2. The highest BCUT2D eigenvalue weighted by Crippen LogP contribution is 2.48. The first-order valence-corrected chi connectivity index (χ1v) is 9.87. The Hall–Kier alpha value is -0.170. The maximum absolute atomic E-state index is 11.3. The third kappa shape index (κ3) is 8.46. The fourth-order valence-corrected chi connectivity index (χ4v) is 5.73. The Kier molecular flexibility index (Phi) is 11.1. The first-order chi connectivity index (χ1) is 10.7. The topological polar surface area (TPSA) is 44.8 Å². The Labute approximate surface area is 142 Å². The third-order valence-corrected chi connectivity index (χ3v) is 6.86. The molecule has 1 saturated heterocycles. The third-order valence-electron chi connectivity index (χ3n) is 3.30. The maximum atomic E-state index is 11.3. The number of carbonyl (C=O) groups is 1. The lowest BCUT2D eigenvalue weighted by atomic mass is 10.1. The van der Waals surface area contributed by atoms with Crippen molar-refractivity contribution in [1.29, 1.82) is 0 Å². The lowest BCUT2D eigenvalue weighted by molar-refractivity contribution is -0.137. The van der Waals surface area contributed by atoms with Crippen molar-refractivity contribution in [3.63, 3.8) is 0 Å². The van der Waals surface area contributed by atoms with E-state index in [4.69, 9.17) is 14.2 Å². The molecule has 0 aromatic heterocycles. The van der Waals surface area contributed by atoms with Gasteiger partial charge in [0.1, 0.15) is 6.79 Å². The number of ether oxygens (including phenoxy) is 3. The maximum Gasteiger partial charge on any atom is 0.330 e. The van der Waals surface area contributed by atoms with Crippen LogP contribution in [0.3, 0.4) is 0 Å². The largest absolute Gasteiger partial charge is 0.463 e. The Balaban J connectivity index is 2.34. The fourth-order valence-electron chi connectivity index (χ4n) is 2.29. The van der Waals surface area contributed by atoms with Gasteiger partial charge in [-0.1, -0.05) is 6.08 Å². The number of methoxy groups -OCH3 is 1. The van der Waals surface area contributed by atoms with E-state index in [2.05, 4.69) is 23.5 Å². The van der Waals surface area contributed by atoms with Crippen LogP contribution in [-0.2, 0) is 19.0 Å². The number of hydrogen-bond acceptors (Lipinski definition) is 6. The van der Waals surface area contributed by atoms with Gasteiger partial charge in [-0.05, 0) is 50.5 Å². The minimum Gasteiger partial charge on any atom is -0.463 e. The number of allylic oxidation sites excluding steroid dienone is 1. The van der Waals surface area contributed by atoms with Gasteiger partial charge in [-0.15, -0.1) is 23.5 Å². The summed E-state index contributed by atoms with van der Waals surface area (Å²) in [5.74, 6) is 2.22. The molecule has 0 spiro atoms. The van der Waals surface area contributed by atoms with Gasteiger partial charge >= 0.3 is 5.97 Å². The Bertz CT molecular complexity index is 328. The number of carbonyl (C=O) groups excluding carboxylic acids is 1. The van der Waals surface area contributed by atoms with Gasteiger partial charge in [-0.3, -0.25) is 0 Å². The monoisotopic (exact) mass is 348 g/mol. The second kappa shape index (κ2) is 12.3. The van der Waals surface area contributed by atoms with E-state index in [0.29, 0.717) is 13.4 Å². The van der Waals surface area contributed by atoms with Crippen LogP contribution in [0.5, 0.6) is 0 Å². The van der Waals surface area contributed by atoms with Crippen molar-refractivity contribution in [3.8, 4) is 0 Å². The van der Waals surface area contributed by atoms with Crippen molar-refractivity contribution in [1.82, 2.24) is 0 Å². The van der Waals surface area contributed by atoms with Gasteiger partial charge in [0.15, 0.2) is 0 Å². The van der Waals surface area contributed by atoms with Gasteiger partial charge in [0.2, 0.25) is 0 Å². The molecule has 0 amide bonds. The Morgan fingerprint density at radius 1 is 1.27 bits per heavy atom. The zero-order valence-corrected chi connectivity index (χ0v) is 15.3. The van der Waals surface area contributed by atoms with E-state index < -0.39 is 0 Å². The molecular weight excluding hydrogens is 320 g/mol. The number of hydrogen-bond donors (Lipinski definition) is 0. The quantitative estimate of drug-likeness (QED) is 0.245. The highest BCUT2D eigenvalue weighted by molar-refractivity contribution is 8.18. The molecule has 0 aliphatic carbocycles. The predicted molar refractivity (Wildman–Crippen MR) is 94.3 cm³/mol. The molecule has 0 aromatic carbocycles. The van der Waals surface area contributed by atoms with E-state index >= 15 is 0 Å². The average Bonchev–Trinajstić information content (AvgIpc) is 2.53. The average molecular weight is 349 g/mol. The fraction of sp³-hybridized carbons (Fsp3) is 0.812. The summed E-state index contributed by atoms with van der Waals surface area (Å²) in [6.45, 7) is 3.37. The Morgan fingerprint density at radius 3 is 2.73 bits per heavy atom. The van der Waals surface area contributed by atoms with E-state index in [1.807, 2.05) is 13.0 Å². The molecule has 22 heavy (non-hydrogen) atoms. The molecule has 128 valence electrons. The second-order valence-electron chi connectivity index (χ2n) is 5.07. The van der Waals surface area contributed by atoms with Crippen LogP contribution in [0, 0.1) is 0 Å². The molecule has 0 unspecified atom stereocenters. The molecule has 1 aliphatic heterocycles. The molecule has 1 fully saturated rings. The van der Waals surface area contributed by atoms with Crippen LogP contribution in [0.15, 0.2) is 12.2 Å². The van der Waals surface area contributed by atoms with Crippen LogP contribution in [0.2, 0.25) is 0 Å². The zero-order valence-electron chi connectivity index (χ0n) is 13.7. The second-order valence-corrected chi connectivity index (χ2v) is 8.29. The van der Waals surface area contributed by atoms with Gasteiger partial charge in [-0.25, -0.2) is 4.79 Å². The van der Waals surface area contributed by atoms with Crippen LogP contribution in [0.1, 0.15) is 39.0 Å². The Morgan fingerprint density at radius 2 is 2.05 bits per heavy atom. The summed E-state index contributed by atoms with van der Waals surface area (Å²) in [4.78, 5) is 11.3. The summed E-state index contributed by atoms with van der Waals surface area (Å²) in [7, 11) is 1.64. The van der Waals surface area contributed by atoms with Gasteiger partial charge in [0.25, 0.3) is 0 Å². The normalized spacial score (nSPS) is 17.7. The summed E-state index contributed by atoms with van der Waals surface area (Å²) in [5.41, 5.74) is 0. The van der Waals surface area contributed by atoms with E-state index in [9.17, 15) is 4.79 Å². The van der Waals surface area contributed by atoms with Crippen molar-refractivity contribution < 1.29 is 19.0 Å². The lowest BCUT2D eigenvalue weighted by Crippen LogP contribution is -2.25. The first-order valence-electron chi connectivity index (χ1n) is 7.90. The van der Waals surface area contributed by atoms with Crippen LogP contribution in [0.25, 0.3) is 0 Å². The van der Waals surface area contributed by atoms with E-state index in [-0.39, 0.29) is 10.0 Å².